The lowest BCUT2D eigenvalue weighted by Crippen LogP contribution is -2.40. The highest BCUT2D eigenvalue weighted by Crippen LogP contribution is 2.36. The molecule has 0 bridgehead atoms. The number of hydrogen-bond donors (Lipinski definition) is 0. The minimum absolute atomic E-state index is 0.196. The smallest absolute Gasteiger partial charge is 0.338 e. The summed E-state index contributed by atoms with van der Waals surface area (Å²) in [6, 6.07) is 10.6. The van der Waals surface area contributed by atoms with Crippen LogP contribution >= 0.6 is 22.7 Å². The zero-order valence-corrected chi connectivity index (χ0v) is 20.0. The molecule has 0 saturated carbocycles. The molecule has 2 aromatic heterocycles. The van der Waals surface area contributed by atoms with Gasteiger partial charge < -0.3 is 9.64 Å². The van der Waals surface area contributed by atoms with Gasteiger partial charge in [0.25, 0.3) is 11.5 Å². The second-order valence-corrected chi connectivity index (χ2v) is 9.54. The largest absolute Gasteiger partial charge is 0.463 e. The summed E-state index contributed by atoms with van der Waals surface area (Å²) in [6.07, 6.45) is 0. The number of fused-ring (bicyclic) bond motifs is 2. The number of aromatic nitrogens is 1. The third-order valence-electron chi connectivity index (χ3n) is 5.77. The van der Waals surface area contributed by atoms with Crippen molar-refractivity contribution < 1.29 is 14.3 Å². The first-order valence-electron chi connectivity index (χ1n) is 10.6. The highest BCUT2D eigenvalue weighted by atomic mass is 32.1. The zero-order chi connectivity index (χ0) is 23.3. The molecule has 0 spiro atoms. The van der Waals surface area contributed by atoms with E-state index in [9.17, 15) is 14.4 Å². The lowest BCUT2D eigenvalue weighted by molar-refractivity contribution is -0.139. The van der Waals surface area contributed by atoms with Crippen LogP contribution in [-0.4, -0.2) is 29.6 Å². The van der Waals surface area contributed by atoms with Crippen LogP contribution in [-0.2, 0) is 14.3 Å². The van der Waals surface area contributed by atoms with E-state index in [1.807, 2.05) is 48.7 Å². The summed E-state index contributed by atoms with van der Waals surface area (Å²) in [6.45, 7) is 6.13. The van der Waals surface area contributed by atoms with E-state index in [-0.39, 0.29) is 18.1 Å². The standard InChI is InChI=1S/C24H21N3O4S2/c1-4-26-15-10-7-6-9-14(15)18(21(26)28)20-22(29)27-19(16-11-8-12-32-16)17(23(30)31-5-2)13(3)25-24(27)33-20/h6-12,19H,4-5H2,1-3H3/b20-18+/t19-/m0/s1. The van der Waals surface area contributed by atoms with E-state index in [4.69, 9.17) is 4.74 Å². The topological polar surface area (TPSA) is 81.0 Å². The van der Waals surface area contributed by atoms with Crippen LogP contribution < -0.4 is 19.8 Å². The second-order valence-electron chi connectivity index (χ2n) is 7.58. The Hall–Kier alpha value is -3.30. The van der Waals surface area contributed by atoms with Crippen molar-refractivity contribution in [2.75, 3.05) is 18.1 Å². The number of esters is 1. The Morgan fingerprint density at radius 3 is 2.64 bits per heavy atom. The van der Waals surface area contributed by atoms with Gasteiger partial charge in [0.05, 0.1) is 29.1 Å². The molecule has 2 aliphatic rings. The first-order chi connectivity index (χ1) is 16.0. The fourth-order valence-corrected chi connectivity index (χ4v) is 6.33. The summed E-state index contributed by atoms with van der Waals surface area (Å²) in [7, 11) is 0. The fourth-order valence-electron chi connectivity index (χ4n) is 4.37. The second kappa shape index (κ2) is 8.24. The summed E-state index contributed by atoms with van der Waals surface area (Å²) in [5.41, 5.74) is 2.45. The Bertz CT molecular complexity index is 1490. The van der Waals surface area contributed by atoms with Crippen LogP contribution in [0.15, 0.2) is 62.8 Å². The Labute approximate surface area is 197 Å². The van der Waals surface area contributed by atoms with Crippen LogP contribution in [0.2, 0.25) is 0 Å². The normalized spacial score (nSPS) is 18.8. The minimum Gasteiger partial charge on any atom is -0.463 e. The molecule has 4 heterocycles. The molecule has 1 amide bonds. The summed E-state index contributed by atoms with van der Waals surface area (Å²) < 4.78 is 7.17. The average Bonchev–Trinajstić information content (AvgIpc) is 3.50. The number of benzene rings is 1. The molecule has 1 atom stereocenters. The summed E-state index contributed by atoms with van der Waals surface area (Å²) >= 11 is 2.65. The first-order valence-corrected chi connectivity index (χ1v) is 12.3. The van der Waals surface area contributed by atoms with Gasteiger partial charge in [-0.05, 0) is 38.3 Å². The van der Waals surface area contributed by atoms with E-state index in [1.165, 1.54) is 27.2 Å². The first kappa shape index (κ1) is 21.5. The summed E-state index contributed by atoms with van der Waals surface area (Å²) in [5, 5.41) is 1.90. The number of ether oxygens (including phenoxy) is 1. The predicted octanol–water partition coefficient (Wildman–Crippen LogP) is 2.60. The molecule has 2 aliphatic heterocycles. The van der Waals surface area contributed by atoms with Gasteiger partial charge in [0, 0.05) is 17.0 Å². The molecule has 0 N–H and O–H groups in total. The van der Waals surface area contributed by atoms with Crippen molar-refractivity contribution in [3.8, 4) is 0 Å². The summed E-state index contributed by atoms with van der Waals surface area (Å²) in [5.74, 6) is -0.687. The maximum atomic E-state index is 13.8. The average molecular weight is 480 g/mol. The number of hydrogen-bond acceptors (Lipinski definition) is 7. The number of carbonyl (C=O) groups excluding carboxylic acids is 2. The van der Waals surface area contributed by atoms with Crippen molar-refractivity contribution in [3.05, 3.63) is 83.2 Å². The van der Waals surface area contributed by atoms with Crippen LogP contribution in [0.5, 0.6) is 0 Å². The predicted molar refractivity (Wildman–Crippen MR) is 128 cm³/mol. The van der Waals surface area contributed by atoms with Crippen LogP contribution in [0.4, 0.5) is 5.69 Å². The summed E-state index contributed by atoms with van der Waals surface area (Å²) in [4.78, 5) is 47.6. The van der Waals surface area contributed by atoms with Gasteiger partial charge in [-0.3, -0.25) is 14.2 Å². The van der Waals surface area contributed by atoms with E-state index in [0.29, 0.717) is 32.7 Å². The van der Waals surface area contributed by atoms with Gasteiger partial charge in [0.15, 0.2) is 4.80 Å². The molecule has 0 saturated heterocycles. The SMILES string of the molecule is CCOC(=O)C1=C(C)N=c2s/c(=C3/C(=O)N(CC)c4ccccc43)c(=O)n2[C@H]1c1cccs1. The number of amides is 1. The third kappa shape index (κ3) is 3.22. The van der Waals surface area contributed by atoms with Crippen molar-refractivity contribution in [2.24, 2.45) is 4.99 Å². The third-order valence-corrected chi connectivity index (χ3v) is 7.75. The molecular formula is C24H21N3O4S2. The maximum Gasteiger partial charge on any atom is 0.338 e. The van der Waals surface area contributed by atoms with Gasteiger partial charge in [0.2, 0.25) is 0 Å². The van der Waals surface area contributed by atoms with Gasteiger partial charge in [-0.2, -0.15) is 0 Å². The number of carbonyl (C=O) groups is 2. The molecule has 0 unspecified atom stereocenters. The number of para-hydroxylation sites is 1. The fraction of sp³-hybridized carbons (Fsp3) is 0.250. The van der Waals surface area contributed by atoms with E-state index >= 15 is 0 Å². The lowest BCUT2D eigenvalue weighted by Gasteiger charge is -2.23. The number of thiophene rings is 1. The quantitative estimate of drug-likeness (QED) is 0.539. The van der Waals surface area contributed by atoms with E-state index in [0.717, 1.165) is 16.1 Å². The Morgan fingerprint density at radius 1 is 1.15 bits per heavy atom. The van der Waals surface area contributed by atoms with Gasteiger partial charge in [0.1, 0.15) is 10.6 Å². The van der Waals surface area contributed by atoms with Crippen LogP contribution in [0.3, 0.4) is 0 Å². The Kier molecular flexibility index (Phi) is 5.38. The molecule has 33 heavy (non-hydrogen) atoms. The van der Waals surface area contributed by atoms with Gasteiger partial charge >= 0.3 is 5.97 Å². The molecule has 5 rings (SSSR count). The van der Waals surface area contributed by atoms with Gasteiger partial charge in [-0.15, -0.1) is 11.3 Å². The van der Waals surface area contributed by atoms with Gasteiger partial charge in [-0.25, -0.2) is 9.79 Å². The van der Waals surface area contributed by atoms with Crippen molar-refractivity contribution in [1.82, 2.24) is 4.57 Å². The number of thiazole rings is 1. The number of likely N-dealkylation sites (N-methyl/N-ethyl adjacent to an activating group) is 1. The number of rotatable bonds is 4. The molecular weight excluding hydrogens is 458 g/mol. The molecule has 168 valence electrons. The molecule has 3 aromatic rings. The molecule has 0 fully saturated rings. The van der Waals surface area contributed by atoms with Crippen LogP contribution in [0.1, 0.15) is 37.3 Å². The van der Waals surface area contributed by atoms with Crippen molar-refractivity contribution >= 4 is 45.8 Å². The molecule has 0 aliphatic carbocycles. The highest BCUT2D eigenvalue weighted by molar-refractivity contribution is 7.10. The monoisotopic (exact) mass is 479 g/mol. The lowest BCUT2D eigenvalue weighted by atomic mass is 10.0. The van der Waals surface area contributed by atoms with Crippen molar-refractivity contribution in [1.29, 1.82) is 0 Å². The Morgan fingerprint density at radius 2 is 1.94 bits per heavy atom. The van der Waals surface area contributed by atoms with E-state index in [2.05, 4.69) is 4.99 Å². The van der Waals surface area contributed by atoms with E-state index in [1.54, 1.807) is 18.7 Å². The van der Waals surface area contributed by atoms with Gasteiger partial charge in [-0.1, -0.05) is 35.6 Å². The molecule has 1 aromatic carbocycles. The number of nitrogens with zero attached hydrogens (tertiary/aromatic N) is 3. The van der Waals surface area contributed by atoms with Crippen LogP contribution in [0.25, 0.3) is 5.57 Å². The van der Waals surface area contributed by atoms with E-state index < -0.39 is 12.0 Å². The Balaban J connectivity index is 1.82. The zero-order valence-electron chi connectivity index (χ0n) is 18.3. The number of allylic oxidation sites excluding steroid dienone is 1. The van der Waals surface area contributed by atoms with Crippen molar-refractivity contribution in [3.63, 3.8) is 0 Å². The highest BCUT2D eigenvalue weighted by Gasteiger charge is 2.37. The molecule has 0 radical (unpaired) electrons. The van der Waals surface area contributed by atoms with Crippen molar-refractivity contribution in [2.45, 2.75) is 26.8 Å². The minimum atomic E-state index is -0.649. The van der Waals surface area contributed by atoms with Crippen LogP contribution in [0, 0.1) is 0 Å². The maximum absolute atomic E-state index is 13.8. The molecule has 9 heteroatoms. The number of anilines is 1. The molecule has 7 nitrogen and oxygen atoms in total.